The molecular weight excluding hydrogens is 208 g/mol. The second-order valence-corrected chi connectivity index (χ2v) is 4.88. The summed E-state index contributed by atoms with van der Waals surface area (Å²) in [4.78, 5) is 2.41. The van der Waals surface area contributed by atoms with Crippen molar-refractivity contribution in [2.24, 2.45) is 0 Å². The van der Waals surface area contributed by atoms with Gasteiger partial charge in [0.25, 0.3) is 0 Å². The van der Waals surface area contributed by atoms with Crippen molar-refractivity contribution in [1.29, 1.82) is 5.26 Å². The Hall–Kier alpha value is -1.33. The normalized spacial score (nSPS) is 17.9. The van der Waals surface area contributed by atoms with Crippen molar-refractivity contribution in [3.05, 3.63) is 35.4 Å². The molecule has 1 aliphatic rings. The van der Waals surface area contributed by atoms with Crippen LogP contribution in [-0.2, 0) is 0 Å². The summed E-state index contributed by atoms with van der Waals surface area (Å²) in [5.74, 6) is 0.717. The van der Waals surface area contributed by atoms with E-state index in [0.717, 1.165) is 25.6 Å². The van der Waals surface area contributed by atoms with Crippen LogP contribution in [0.5, 0.6) is 0 Å². The lowest BCUT2D eigenvalue weighted by Crippen LogP contribution is -2.33. The largest absolute Gasteiger partial charge is 0.302 e. The monoisotopic (exact) mass is 228 g/mol. The molecule has 1 aliphatic heterocycles. The van der Waals surface area contributed by atoms with Crippen molar-refractivity contribution in [3.63, 3.8) is 0 Å². The van der Waals surface area contributed by atoms with E-state index in [1.165, 1.54) is 24.0 Å². The quantitative estimate of drug-likeness (QED) is 0.795. The van der Waals surface area contributed by atoms with Crippen LogP contribution in [0.3, 0.4) is 0 Å². The predicted molar refractivity (Wildman–Crippen MR) is 69.8 cm³/mol. The average molecular weight is 228 g/mol. The first-order chi connectivity index (χ1) is 8.31. The van der Waals surface area contributed by atoms with E-state index in [-0.39, 0.29) is 0 Å². The third-order valence-corrected chi connectivity index (χ3v) is 3.76. The van der Waals surface area contributed by atoms with Gasteiger partial charge in [-0.25, -0.2) is 0 Å². The molecule has 0 radical (unpaired) electrons. The van der Waals surface area contributed by atoms with Gasteiger partial charge in [0.05, 0.1) is 6.07 Å². The van der Waals surface area contributed by atoms with Gasteiger partial charge in [0.1, 0.15) is 0 Å². The highest BCUT2D eigenvalue weighted by Gasteiger charge is 2.20. The Kier molecular flexibility index (Phi) is 4.17. The molecule has 1 saturated heterocycles. The second-order valence-electron chi connectivity index (χ2n) is 4.88. The zero-order chi connectivity index (χ0) is 12.1. The van der Waals surface area contributed by atoms with E-state index < -0.39 is 0 Å². The minimum absolute atomic E-state index is 0.662. The zero-order valence-electron chi connectivity index (χ0n) is 10.5. The topological polar surface area (TPSA) is 27.0 Å². The smallest absolute Gasteiger partial charge is 0.0635 e. The molecule has 0 aliphatic carbocycles. The molecule has 1 heterocycles. The minimum atomic E-state index is 0.662. The van der Waals surface area contributed by atoms with E-state index in [0.29, 0.717) is 6.42 Å². The lowest BCUT2D eigenvalue weighted by atomic mass is 9.87. The van der Waals surface area contributed by atoms with Crippen LogP contribution in [0.15, 0.2) is 24.3 Å². The summed E-state index contributed by atoms with van der Waals surface area (Å²) in [6.45, 7) is 5.43. The van der Waals surface area contributed by atoms with Crippen LogP contribution in [0, 0.1) is 18.3 Å². The Morgan fingerprint density at radius 2 is 2.00 bits per heavy atom. The first kappa shape index (κ1) is 12.1. The minimum Gasteiger partial charge on any atom is -0.302 e. The highest BCUT2D eigenvalue weighted by Crippen LogP contribution is 2.29. The molecule has 0 unspecified atom stereocenters. The number of nitrogens with zero attached hydrogens (tertiary/aromatic N) is 2. The summed E-state index contributed by atoms with van der Waals surface area (Å²) >= 11 is 0. The van der Waals surface area contributed by atoms with Crippen molar-refractivity contribution in [2.45, 2.75) is 32.1 Å². The van der Waals surface area contributed by atoms with Crippen molar-refractivity contribution in [1.82, 2.24) is 4.90 Å². The van der Waals surface area contributed by atoms with Gasteiger partial charge in [-0.3, -0.25) is 0 Å². The van der Waals surface area contributed by atoms with Crippen molar-refractivity contribution in [2.75, 3.05) is 19.6 Å². The van der Waals surface area contributed by atoms with Crippen LogP contribution in [0.25, 0.3) is 0 Å². The Bertz CT molecular complexity index is 398. The van der Waals surface area contributed by atoms with Gasteiger partial charge < -0.3 is 4.90 Å². The number of aryl methyl sites for hydroxylation is 1. The van der Waals surface area contributed by atoms with Gasteiger partial charge in [-0.15, -0.1) is 0 Å². The zero-order valence-corrected chi connectivity index (χ0v) is 10.5. The Balaban J connectivity index is 1.91. The molecule has 90 valence electrons. The molecule has 2 heteroatoms. The molecule has 0 spiro atoms. The number of rotatable bonds is 3. The maximum atomic E-state index is 8.59. The summed E-state index contributed by atoms with van der Waals surface area (Å²) < 4.78 is 0. The van der Waals surface area contributed by atoms with Gasteiger partial charge in [-0.2, -0.15) is 5.26 Å². The predicted octanol–water partition coefficient (Wildman–Crippen LogP) is 3.09. The fraction of sp³-hybridized carbons (Fsp3) is 0.533. The van der Waals surface area contributed by atoms with Gasteiger partial charge in [0.2, 0.25) is 0 Å². The van der Waals surface area contributed by atoms with E-state index in [1.807, 2.05) is 0 Å². The van der Waals surface area contributed by atoms with Crippen molar-refractivity contribution < 1.29 is 0 Å². The fourth-order valence-corrected chi connectivity index (χ4v) is 2.72. The third-order valence-electron chi connectivity index (χ3n) is 3.76. The molecule has 2 nitrogen and oxygen atoms in total. The SMILES string of the molecule is Cc1ccccc1C1CCN(CCC#N)CC1. The molecule has 1 aromatic carbocycles. The van der Waals surface area contributed by atoms with E-state index in [9.17, 15) is 0 Å². The molecule has 0 N–H and O–H groups in total. The van der Waals surface area contributed by atoms with Crippen LogP contribution in [-0.4, -0.2) is 24.5 Å². The molecular formula is C15H20N2. The number of benzene rings is 1. The first-order valence-electron chi connectivity index (χ1n) is 6.46. The molecule has 0 atom stereocenters. The summed E-state index contributed by atoms with van der Waals surface area (Å²) in [6, 6.07) is 11.0. The molecule has 0 aromatic heterocycles. The maximum absolute atomic E-state index is 8.59. The molecule has 0 bridgehead atoms. The summed E-state index contributed by atoms with van der Waals surface area (Å²) in [5, 5.41) is 8.59. The number of likely N-dealkylation sites (tertiary alicyclic amines) is 1. The van der Waals surface area contributed by atoms with Crippen LogP contribution in [0.4, 0.5) is 0 Å². The second kappa shape index (κ2) is 5.84. The maximum Gasteiger partial charge on any atom is 0.0635 e. The Morgan fingerprint density at radius 1 is 1.29 bits per heavy atom. The summed E-state index contributed by atoms with van der Waals surface area (Å²) in [5.41, 5.74) is 2.94. The number of hydrogen-bond donors (Lipinski definition) is 0. The highest BCUT2D eigenvalue weighted by atomic mass is 15.1. The molecule has 0 saturated carbocycles. The Labute approximate surface area is 104 Å². The third kappa shape index (κ3) is 3.08. The molecule has 1 fully saturated rings. The Morgan fingerprint density at radius 3 is 2.65 bits per heavy atom. The fourth-order valence-electron chi connectivity index (χ4n) is 2.72. The van der Waals surface area contributed by atoms with Gasteiger partial charge >= 0.3 is 0 Å². The van der Waals surface area contributed by atoms with Crippen molar-refractivity contribution >= 4 is 0 Å². The van der Waals surface area contributed by atoms with Gasteiger partial charge in [0, 0.05) is 13.0 Å². The van der Waals surface area contributed by atoms with Gasteiger partial charge in [-0.1, -0.05) is 24.3 Å². The van der Waals surface area contributed by atoms with Crippen LogP contribution >= 0.6 is 0 Å². The van der Waals surface area contributed by atoms with Crippen LogP contribution in [0.1, 0.15) is 36.3 Å². The highest BCUT2D eigenvalue weighted by molar-refractivity contribution is 5.29. The molecule has 1 aromatic rings. The number of hydrogen-bond acceptors (Lipinski definition) is 2. The van der Waals surface area contributed by atoms with Crippen molar-refractivity contribution in [3.8, 4) is 6.07 Å². The number of nitriles is 1. The van der Waals surface area contributed by atoms with E-state index in [1.54, 1.807) is 0 Å². The lowest BCUT2D eigenvalue weighted by molar-refractivity contribution is 0.216. The molecule has 0 amide bonds. The first-order valence-corrected chi connectivity index (χ1v) is 6.46. The van der Waals surface area contributed by atoms with Crippen LogP contribution in [0.2, 0.25) is 0 Å². The van der Waals surface area contributed by atoms with E-state index >= 15 is 0 Å². The molecule has 2 rings (SSSR count). The average Bonchev–Trinajstić information content (AvgIpc) is 2.38. The lowest BCUT2D eigenvalue weighted by Gasteiger charge is -2.32. The van der Waals surface area contributed by atoms with E-state index in [2.05, 4.69) is 42.2 Å². The van der Waals surface area contributed by atoms with Crippen LogP contribution < -0.4 is 0 Å². The summed E-state index contributed by atoms with van der Waals surface area (Å²) in [7, 11) is 0. The number of piperidine rings is 1. The van der Waals surface area contributed by atoms with E-state index in [4.69, 9.17) is 5.26 Å². The van der Waals surface area contributed by atoms with Gasteiger partial charge in [-0.05, 0) is 49.9 Å². The van der Waals surface area contributed by atoms with Gasteiger partial charge in [0.15, 0.2) is 0 Å². The standard InChI is InChI=1S/C15H20N2/c1-13-5-2-3-6-15(13)14-7-11-17(12-8-14)10-4-9-16/h2-3,5-6,14H,4,7-8,10-12H2,1H3. The summed E-state index contributed by atoms with van der Waals surface area (Å²) in [6.07, 6.45) is 3.13. The molecule has 17 heavy (non-hydrogen) atoms.